The molecule has 2 aromatic rings. The minimum atomic E-state index is -0.367. The summed E-state index contributed by atoms with van der Waals surface area (Å²) in [5.74, 6) is -0.666. The van der Waals surface area contributed by atoms with Crippen LogP contribution in [0.1, 0.15) is 40.7 Å². The number of amides is 2. The molecule has 7 nitrogen and oxygen atoms in total. The topological polar surface area (TPSA) is 81.8 Å². The molecule has 2 amide bonds. The Morgan fingerprint density at radius 3 is 2.16 bits per heavy atom. The van der Waals surface area contributed by atoms with Crippen LogP contribution in [0, 0.1) is 13.8 Å². The molecule has 1 heterocycles. The number of carbonyl (C=O) groups is 3. The summed E-state index contributed by atoms with van der Waals surface area (Å²) in [6.45, 7) is 8.11. The van der Waals surface area contributed by atoms with Crippen LogP contribution in [0.3, 0.4) is 0 Å². The number of hydrogen-bond donors (Lipinski definition) is 2. The SMILES string of the molecule is Cc1ccc(C)c(C(=O)CCC(=O)NNC(=O)CCN2CCN(c3ccccc3)CC2)c1. The van der Waals surface area contributed by atoms with E-state index in [0.717, 1.165) is 37.3 Å². The first-order valence-electron chi connectivity index (χ1n) is 11.1. The monoisotopic (exact) mass is 436 g/mol. The molecule has 170 valence electrons. The van der Waals surface area contributed by atoms with Crippen molar-refractivity contribution in [3.63, 3.8) is 0 Å². The van der Waals surface area contributed by atoms with Crippen LogP contribution in [-0.2, 0) is 9.59 Å². The highest BCUT2D eigenvalue weighted by atomic mass is 16.2. The molecule has 1 saturated heterocycles. The second-order valence-corrected chi connectivity index (χ2v) is 8.25. The van der Waals surface area contributed by atoms with Crippen molar-refractivity contribution in [1.82, 2.24) is 15.8 Å². The third kappa shape index (κ3) is 6.92. The average Bonchev–Trinajstić information content (AvgIpc) is 2.82. The predicted molar refractivity (Wildman–Crippen MR) is 125 cm³/mol. The Morgan fingerprint density at radius 2 is 1.47 bits per heavy atom. The Labute approximate surface area is 189 Å². The summed E-state index contributed by atoms with van der Waals surface area (Å²) in [6, 6.07) is 16.0. The molecule has 1 aliphatic rings. The highest BCUT2D eigenvalue weighted by Crippen LogP contribution is 2.16. The molecule has 0 bridgehead atoms. The number of carbonyl (C=O) groups excluding carboxylic acids is 3. The minimum absolute atomic E-state index is 0.0357. The van der Waals surface area contributed by atoms with E-state index in [-0.39, 0.29) is 30.4 Å². The Balaban J connectivity index is 1.31. The Bertz CT molecular complexity index is 937. The number of nitrogens with one attached hydrogen (secondary N) is 2. The number of rotatable bonds is 8. The lowest BCUT2D eigenvalue weighted by atomic mass is 9.99. The number of Topliss-reactive ketones (excluding diaryl/α,β-unsaturated/α-hetero) is 1. The van der Waals surface area contributed by atoms with E-state index in [2.05, 4.69) is 32.8 Å². The highest BCUT2D eigenvalue weighted by molar-refractivity contribution is 5.99. The predicted octanol–water partition coefficient (Wildman–Crippen LogP) is 2.63. The molecule has 0 unspecified atom stereocenters. The molecule has 1 aliphatic heterocycles. The van der Waals surface area contributed by atoms with E-state index in [4.69, 9.17) is 0 Å². The summed E-state index contributed by atoms with van der Waals surface area (Å²) in [7, 11) is 0. The van der Waals surface area contributed by atoms with E-state index in [1.165, 1.54) is 5.69 Å². The molecule has 0 spiro atoms. The van der Waals surface area contributed by atoms with E-state index in [0.29, 0.717) is 18.5 Å². The van der Waals surface area contributed by atoms with Gasteiger partial charge in [-0.15, -0.1) is 0 Å². The van der Waals surface area contributed by atoms with Gasteiger partial charge in [0.2, 0.25) is 11.8 Å². The van der Waals surface area contributed by atoms with Gasteiger partial charge in [-0.2, -0.15) is 0 Å². The van der Waals surface area contributed by atoms with Crippen molar-refractivity contribution in [2.45, 2.75) is 33.1 Å². The van der Waals surface area contributed by atoms with Gasteiger partial charge < -0.3 is 4.90 Å². The summed E-state index contributed by atoms with van der Waals surface area (Å²) >= 11 is 0. The first-order chi connectivity index (χ1) is 15.4. The second kappa shape index (κ2) is 11.4. The van der Waals surface area contributed by atoms with Gasteiger partial charge in [0.25, 0.3) is 0 Å². The molecule has 1 fully saturated rings. The largest absolute Gasteiger partial charge is 0.369 e. The summed E-state index contributed by atoms with van der Waals surface area (Å²) in [5.41, 5.74) is 8.65. The lowest BCUT2D eigenvalue weighted by Gasteiger charge is -2.36. The lowest BCUT2D eigenvalue weighted by molar-refractivity contribution is -0.129. The van der Waals surface area contributed by atoms with Gasteiger partial charge in [0.15, 0.2) is 5.78 Å². The van der Waals surface area contributed by atoms with Gasteiger partial charge in [-0.05, 0) is 37.6 Å². The van der Waals surface area contributed by atoms with Crippen molar-refractivity contribution in [3.8, 4) is 0 Å². The fraction of sp³-hybridized carbons (Fsp3) is 0.400. The number of hydrogen-bond acceptors (Lipinski definition) is 5. The zero-order chi connectivity index (χ0) is 22.9. The molecule has 7 heteroatoms. The van der Waals surface area contributed by atoms with Crippen LogP contribution in [0.25, 0.3) is 0 Å². The second-order valence-electron chi connectivity index (χ2n) is 8.25. The quantitative estimate of drug-likeness (QED) is 0.491. The fourth-order valence-corrected chi connectivity index (χ4v) is 3.79. The number of para-hydroxylation sites is 1. The summed E-state index contributed by atoms with van der Waals surface area (Å²) in [6.07, 6.45) is 0.457. The third-order valence-electron chi connectivity index (χ3n) is 5.76. The molecule has 0 radical (unpaired) electrons. The number of benzene rings is 2. The molecule has 2 N–H and O–H groups in total. The van der Waals surface area contributed by atoms with Gasteiger partial charge in [0, 0.05) is 63.2 Å². The minimum Gasteiger partial charge on any atom is -0.369 e. The Kier molecular flexibility index (Phi) is 8.39. The van der Waals surface area contributed by atoms with Crippen molar-refractivity contribution in [2.24, 2.45) is 0 Å². The molecule has 0 atom stereocenters. The van der Waals surface area contributed by atoms with E-state index >= 15 is 0 Å². The smallest absolute Gasteiger partial charge is 0.239 e. The first kappa shape index (κ1) is 23.5. The number of hydrazine groups is 1. The molecular weight excluding hydrogens is 404 g/mol. The summed E-state index contributed by atoms with van der Waals surface area (Å²) < 4.78 is 0. The first-order valence-corrected chi connectivity index (χ1v) is 11.1. The maximum absolute atomic E-state index is 12.4. The van der Waals surface area contributed by atoms with Gasteiger partial charge in [-0.1, -0.05) is 35.9 Å². The maximum Gasteiger partial charge on any atom is 0.239 e. The molecule has 0 saturated carbocycles. The zero-order valence-electron chi connectivity index (χ0n) is 18.9. The number of aryl methyl sites for hydroxylation is 2. The van der Waals surface area contributed by atoms with Crippen LogP contribution in [-0.4, -0.2) is 55.2 Å². The van der Waals surface area contributed by atoms with Crippen molar-refractivity contribution >= 4 is 23.3 Å². The van der Waals surface area contributed by atoms with Gasteiger partial charge in [0.1, 0.15) is 0 Å². The molecule has 0 aliphatic carbocycles. The van der Waals surface area contributed by atoms with Crippen LogP contribution >= 0.6 is 0 Å². The molecule has 2 aromatic carbocycles. The molecule has 3 rings (SSSR count). The van der Waals surface area contributed by atoms with Crippen LogP contribution in [0.15, 0.2) is 48.5 Å². The van der Waals surface area contributed by atoms with E-state index < -0.39 is 0 Å². The van der Waals surface area contributed by atoms with Crippen LogP contribution in [0.4, 0.5) is 5.69 Å². The van der Waals surface area contributed by atoms with Crippen molar-refractivity contribution in [3.05, 3.63) is 65.2 Å². The molecule has 32 heavy (non-hydrogen) atoms. The van der Waals surface area contributed by atoms with Gasteiger partial charge in [-0.3, -0.25) is 30.1 Å². The maximum atomic E-state index is 12.4. The van der Waals surface area contributed by atoms with Gasteiger partial charge >= 0.3 is 0 Å². The summed E-state index contributed by atoms with van der Waals surface area (Å²) in [4.78, 5) is 41.1. The van der Waals surface area contributed by atoms with Crippen molar-refractivity contribution < 1.29 is 14.4 Å². The Morgan fingerprint density at radius 1 is 0.812 bits per heavy atom. The van der Waals surface area contributed by atoms with E-state index in [1.807, 2.05) is 50.2 Å². The van der Waals surface area contributed by atoms with Gasteiger partial charge in [0.05, 0.1) is 0 Å². The van der Waals surface area contributed by atoms with E-state index in [9.17, 15) is 14.4 Å². The normalized spacial score (nSPS) is 14.1. The zero-order valence-corrected chi connectivity index (χ0v) is 18.9. The number of anilines is 1. The highest BCUT2D eigenvalue weighted by Gasteiger charge is 2.18. The summed E-state index contributed by atoms with van der Waals surface area (Å²) in [5, 5.41) is 0. The third-order valence-corrected chi connectivity index (χ3v) is 5.76. The number of nitrogens with zero attached hydrogens (tertiary/aromatic N) is 2. The van der Waals surface area contributed by atoms with Crippen LogP contribution in [0.2, 0.25) is 0 Å². The standard InChI is InChI=1S/C25H32N4O3/c1-19-8-9-20(2)22(18-19)23(30)10-11-24(31)26-27-25(32)12-13-28-14-16-29(17-15-28)21-6-4-3-5-7-21/h3-9,18H,10-17H2,1-2H3,(H,26,31)(H,27,32). The van der Waals surface area contributed by atoms with E-state index in [1.54, 1.807) is 0 Å². The van der Waals surface area contributed by atoms with Crippen LogP contribution < -0.4 is 15.8 Å². The van der Waals surface area contributed by atoms with Crippen molar-refractivity contribution in [2.75, 3.05) is 37.6 Å². The van der Waals surface area contributed by atoms with Crippen LogP contribution in [0.5, 0.6) is 0 Å². The van der Waals surface area contributed by atoms with Gasteiger partial charge in [-0.25, -0.2) is 0 Å². The van der Waals surface area contributed by atoms with Crippen molar-refractivity contribution in [1.29, 1.82) is 0 Å². The molecule has 0 aromatic heterocycles. The number of piperazine rings is 1. The Hall–Kier alpha value is -3.19. The number of ketones is 1. The average molecular weight is 437 g/mol. The lowest BCUT2D eigenvalue weighted by Crippen LogP contribution is -2.48. The fourth-order valence-electron chi connectivity index (χ4n) is 3.79. The molecular formula is C25H32N4O3.